The van der Waals surface area contributed by atoms with Crippen LogP contribution in [0.3, 0.4) is 0 Å². The van der Waals surface area contributed by atoms with Gasteiger partial charge in [0.05, 0.1) is 0 Å². The van der Waals surface area contributed by atoms with Crippen molar-refractivity contribution in [2.45, 2.75) is 26.7 Å². The molecule has 0 heterocycles. The maximum absolute atomic E-state index is 3.51. The minimum absolute atomic E-state index is 0.646. The van der Waals surface area contributed by atoms with Gasteiger partial charge in [-0.05, 0) is 84.6 Å². The van der Waals surface area contributed by atoms with Crippen LogP contribution in [0.25, 0.3) is 0 Å². The zero-order valence-electron chi connectivity index (χ0n) is 12.9. The molecule has 1 nitrogen and oxygen atoms in total. The van der Waals surface area contributed by atoms with E-state index in [2.05, 4.69) is 90.3 Å². The lowest BCUT2D eigenvalue weighted by molar-refractivity contribution is 0.478. The summed E-state index contributed by atoms with van der Waals surface area (Å²) in [5.74, 6) is 0.646. The summed E-state index contributed by atoms with van der Waals surface area (Å²) in [6.07, 6.45) is 2.27. The molecule has 0 spiro atoms. The van der Waals surface area contributed by atoms with Crippen LogP contribution in [0.4, 0.5) is 0 Å². The first-order valence-electron chi connectivity index (χ1n) is 7.68. The molecule has 1 unspecified atom stereocenters. The van der Waals surface area contributed by atoms with Crippen molar-refractivity contribution in [2.24, 2.45) is 5.92 Å². The Balaban J connectivity index is 2.02. The van der Waals surface area contributed by atoms with Crippen molar-refractivity contribution in [3.63, 3.8) is 0 Å². The highest BCUT2D eigenvalue weighted by Crippen LogP contribution is 2.16. The van der Waals surface area contributed by atoms with Crippen molar-refractivity contribution < 1.29 is 0 Å². The Morgan fingerprint density at radius 3 is 1.95 bits per heavy atom. The van der Waals surface area contributed by atoms with Crippen LogP contribution in [-0.4, -0.2) is 13.1 Å². The standard InChI is InChI=1S/C19H24IN/c1-3-21-14-18(12-16-6-4-15(2)5-7-16)13-17-8-10-19(20)11-9-17/h4-11,18,21H,3,12-14H2,1-2H3. The molecule has 0 aromatic heterocycles. The van der Waals surface area contributed by atoms with Crippen molar-refractivity contribution in [2.75, 3.05) is 13.1 Å². The third kappa shape index (κ3) is 5.79. The lowest BCUT2D eigenvalue weighted by Crippen LogP contribution is -2.25. The van der Waals surface area contributed by atoms with E-state index in [-0.39, 0.29) is 0 Å². The van der Waals surface area contributed by atoms with Crippen LogP contribution in [0.15, 0.2) is 48.5 Å². The third-order valence-electron chi connectivity index (χ3n) is 3.77. The molecule has 0 radical (unpaired) electrons. The Morgan fingerprint density at radius 2 is 1.43 bits per heavy atom. The molecular weight excluding hydrogens is 369 g/mol. The van der Waals surface area contributed by atoms with E-state index in [0.29, 0.717) is 5.92 Å². The summed E-state index contributed by atoms with van der Waals surface area (Å²) in [7, 11) is 0. The van der Waals surface area contributed by atoms with Gasteiger partial charge in [0.25, 0.3) is 0 Å². The van der Waals surface area contributed by atoms with Crippen molar-refractivity contribution in [3.05, 3.63) is 68.8 Å². The van der Waals surface area contributed by atoms with Gasteiger partial charge in [0.1, 0.15) is 0 Å². The van der Waals surface area contributed by atoms with Crippen LogP contribution >= 0.6 is 22.6 Å². The Labute approximate surface area is 142 Å². The zero-order valence-corrected chi connectivity index (χ0v) is 15.1. The molecule has 1 N–H and O–H groups in total. The van der Waals surface area contributed by atoms with Gasteiger partial charge in [-0.25, -0.2) is 0 Å². The number of hydrogen-bond acceptors (Lipinski definition) is 1. The van der Waals surface area contributed by atoms with Gasteiger partial charge in [-0.15, -0.1) is 0 Å². The Kier molecular flexibility index (Phi) is 6.71. The first-order valence-corrected chi connectivity index (χ1v) is 8.76. The smallest absolute Gasteiger partial charge is 0.0130 e. The van der Waals surface area contributed by atoms with Crippen LogP contribution in [0.5, 0.6) is 0 Å². The first-order chi connectivity index (χ1) is 10.2. The molecule has 0 aliphatic heterocycles. The van der Waals surface area contributed by atoms with E-state index < -0.39 is 0 Å². The van der Waals surface area contributed by atoms with E-state index >= 15 is 0 Å². The average molecular weight is 393 g/mol. The molecule has 2 heteroatoms. The minimum atomic E-state index is 0.646. The normalized spacial score (nSPS) is 12.3. The molecule has 112 valence electrons. The largest absolute Gasteiger partial charge is 0.317 e. The second-order valence-corrected chi connectivity index (χ2v) is 6.94. The highest BCUT2D eigenvalue weighted by atomic mass is 127. The van der Waals surface area contributed by atoms with Crippen LogP contribution in [0.1, 0.15) is 23.6 Å². The predicted molar refractivity (Wildman–Crippen MR) is 99.8 cm³/mol. The maximum Gasteiger partial charge on any atom is 0.0130 e. The molecule has 2 aromatic rings. The number of nitrogens with one attached hydrogen (secondary N) is 1. The Hall–Kier alpha value is -0.870. The van der Waals surface area contributed by atoms with Crippen LogP contribution < -0.4 is 5.32 Å². The molecule has 2 aromatic carbocycles. The maximum atomic E-state index is 3.51. The van der Waals surface area contributed by atoms with E-state index in [1.807, 2.05) is 0 Å². The fraction of sp³-hybridized carbons (Fsp3) is 0.368. The van der Waals surface area contributed by atoms with E-state index in [1.165, 1.54) is 20.3 Å². The Morgan fingerprint density at radius 1 is 0.905 bits per heavy atom. The van der Waals surface area contributed by atoms with Gasteiger partial charge in [-0.1, -0.05) is 48.9 Å². The van der Waals surface area contributed by atoms with Crippen LogP contribution in [-0.2, 0) is 12.8 Å². The monoisotopic (exact) mass is 393 g/mol. The number of hydrogen-bond donors (Lipinski definition) is 1. The van der Waals surface area contributed by atoms with Crippen molar-refractivity contribution in [1.82, 2.24) is 5.32 Å². The summed E-state index contributed by atoms with van der Waals surface area (Å²) in [5.41, 5.74) is 4.21. The summed E-state index contributed by atoms with van der Waals surface area (Å²) in [6, 6.07) is 17.9. The summed E-state index contributed by atoms with van der Waals surface area (Å²) in [4.78, 5) is 0. The van der Waals surface area contributed by atoms with Gasteiger partial charge in [-0.3, -0.25) is 0 Å². The average Bonchev–Trinajstić information content (AvgIpc) is 2.49. The summed E-state index contributed by atoms with van der Waals surface area (Å²) < 4.78 is 1.30. The summed E-state index contributed by atoms with van der Waals surface area (Å²) in [5, 5.41) is 3.51. The number of rotatable bonds is 7. The third-order valence-corrected chi connectivity index (χ3v) is 4.48. The molecule has 0 fully saturated rings. The SMILES string of the molecule is CCNCC(Cc1ccc(C)cc1)Cc1ccc(I)cc1. The van der Waals surface area contributed by atoms with Gasteiger partial charge < -0.3 is 5.32 Å². The fourth-order valence-corrected chi connectivity index (χ4v) is 2.94. The van der Waals surface area contributed by atoms with E-state index in [1.54, 1.807) is 0 Å². The van der Waals surface area contributed by atoms with Crippen molar-refractivity contribution in [3.8, 4) is 0 Å². The van der Waals surface area contributed by atoms with Gasteiger partial charge in [0.2, 0.25) is 0 Å². The zero-order chi connectivity index (χ0) is 15.1. The highest BCUT2D eigenvalue weighted by Gasteiger charge is 2.10. The second kappa shape index (κ2) is 8.54. The van der Waals surface area contributed by atoms with Crippen LogP contribution in [0.2, 0.25) is 0 Å². The molecule has 0 saturated carbocycles. The summed E-state index contributed by atoms with van der Waals surface area (Å²) >= 11 is 2.36. The molecule has 0 amide bonds. The van der Waals surface area contributed by atoms with E-state index in [0.717, 1.165) is 25.9 Å². The lowest BCUT2D eigenvalue weighted by Gasteiger charge is -2.18. The summed E-state index contributed by atoms with van der Waals surface area (Å²) in [6.45, 7) is 6.44. The van der Waals surface area contributed by atoms with Crippen molar-refractivity contribution in [1.29, 1.82) is 0 Å². The van der Waals surface area contributed by atoms with E-state index in [4.69, 9.17) is 0 Å². The second-order valence-electron chi connectivity index (χ2n) is 5.69. The van der Waals surface area contributed by atoms with Gasteiger partial charge in [-0.2, -0.15) is 0 Å². The molecule has 0 aliphatic rings. The van der Waals surface area contributed by atoms with Gasteiger partial charge in [0, 0.05) is 3.57 Å². The fourth-order valence-electron chi connectivity index (χ4n) is 2.58. The molecule has 21 heavy (non-hydrogen) atoms. The molecule has 0 bridgehead atoms. The van der Waals surface area contributed by atoms with Crippen molar-refractivity contribution >= 4 is 22.6 Å². The lowest BCUT2D eigenvalue weighted by atomic mass is 9.92. The number of benzene rings is 2. The molecule has 0 saturated heterocycles. The molecule has 1 atom stereocenters. The van der Waals surface area contributed by atoms with E-state index in [9.17, 15) is 0 Å². The topological polar surface area (TPSA) is 12.0 Å². The highest BCUT2D eigenvalue weighted by molar-refractivity contribution is 14.1. The first kappa shape index (κ1) is 16.5. The van der Waals surface area contributed by atoms with Gasteiger partial charge >= 0.3 is 0 Å². The predicted octanol–water partition coefficient (Wildman–Crippen LogP) is 4.61. The quantitative estimate of drug-likeness (QED) is 0.678. The molecule has 2 rings (SSSR count). The van der Waals surface area contributed by atoms with Gasteiger partial charge in [0.15, 0.2) is 0 Å². The Bertz CT molecular complexity index is 483. The number of halogens is 1. The minimum Gasteiger partial charge on any atom is -0.317 e. The van der Waals surface area contributed by atoms with Crippen LogP contribution in [0, 0.1) is 16.4 Å². The molecular formula is C19H24IN. The number of aryl methyl sites for hydroxylation is 1. The molecule has 0 aliphatic carbocycles.